The second-order valence-corrected chi connectivity index (χ2v) is 6.27. The molecular formula is C21H19N5O4. The Morgan fingerprint density at radius 2 is 2.03 bits per heavy atom. The molecule has 1 N–H and O–H groups in total. The summed E-state index contributed by atoms with van der Waals surface area (Å²) >= 11 is 0. The van der Waals surface area contributed by atoms with E-state index >= 15 is 0 Å². The first-order valence-corrected chi connectivity index (χ1v) is 9.10. The Morgan fingerprint density at radius 1 is 1.13 bits per heavy atom. The van der Waals surface area contributed by atoms with Crippen molar-refractivity contribution < 1.29 is 18.7 Å². The summed E-state index contributed by atoms with van der Waals surface area (Å²) in [5.74, 6) is 2.61. The van der Waals surface area contributed by atoms with Crippen LogP contribution in [-0.2, 0) is 11.2 Å². The largest absolute Gasteiger partial charge is 0.497 e. The molecule has 0 aliphatic rings. The Hall–Kier alpha value is -4.14. The monoisotopic (exact) mass is 405 g/mol. The lowest BCUT2D eigenvalue weighted by atomic mass is 10.1. The highest BCUT2D eigenvalue weighted by molar-refractivity contribution is 5.92. The van der Waals surface area contributed by atoms with E-state index in [2.05, 4.69) is 20.4 Å². The second kappa shape index (κ2) is 8.48. The molecule has 0 bridgehead atoms. The van der Waals surface area contributed by atoms with Gasteiger partial charge in [0.05, 0.1) is 26.9 Å². The van der Waals surface area contributed by atoms with Crippen molar-refractivity contribution in [3.05, 3.63) is 66.7 Å². The van der Waals surface area contributed by atoms with Crippen molar-refractivity contribution in [3.63, 3.8) is 0 Å². The van der Waals surface area contributed by atoms with Crippen LogP contribution < -0.4 is 14.8 Å². The van der Waals surface area contributed by atoms with E-state index < -0.39 is 0 Å². The molecular weight excluding hydrogens is 386 g/mol. The third-order valence-corrected chi connectivity index (χ3v) is 4.30. The topological polar surface area (TPSA) is 104 Å². The normalized spacial score (nSPS) is 10.6. The molecule has 9 heteroatoms. The van der Waals surface area contributed by atoms with Crippen molar-refractivity contribution in [2.45, 2.75) is 6.42 Å². The molecule has 0 aliphatic heterocycles. The van der Waals surface area contributed by atoms with Crippen LogP contribution in [-0.4, -0.2) is 39.9 Å². The van der Waals surface area contributed by atoms with Gasteiger partial charge >= 0.3 is 0 Å². The van der Waals surface area contributed by atoms with Crippen molar-refractivity contribution in [2.75, 3.05) is 19.5 Å². The Balaban J connectivity index is 1.62. The number of furan rings is 1. The van der Waals surface area contributed by atoms with Gasteiger partial charge in [-0.3, -0.25) is 4.79 Å². The van der Waals surface area contributed by atoms with Crippen molar-refractivity contribution in [2.24, 2.45) is 0 Å². The van der Waals surface area contributed by atoms with Gasteiger partial charge in [0.25, 0.3) is 0 Å². The Labute approximate surface area is 172 Å². The maximum absolute atomic E-state index is 12.7. The number of hydrogen-bond donors (Lipinski definition) is 1. The summed E-state index contributed by atoms with van der Waals surface area (Å²) in [7, 11) is 3.12. The average molecular weight is 405 g/mol. The molecule has 30 heavy (non-hydrogen) atoms. The fraction of sp³-hybridized carbons (Fsp3) is 0.143. The number of carbonyl (C=O) groups excluding carboxylic acids is 1. The van der Waals surface area contributed by atoms with E-state index in [0.717, 1.165) is 0 Å². The van der Waals surface area contributed by atoms with Crippen LogP contribution in [0.1, 0.15) is 5.56 Å². The minimum absolute atomic E-state index is 0.0809. The zero-order valence-electron chi connectivity index (χ0n) is 16.4. The van der Waals surface area contributed by atoms with Crippen LogP contribution in [0.3, 0.4) is 0 Å². The highest BCUT2D eigenvalue weighted by atomic mass is 16.5. The summed E-state index contributed by atoms with van der Waals surface area (Å²) in [5.41, 5.74) is 0.696. The van der Waals surface area contributed by atoms with Gasteiger partial charge in [0.15, 0.2) is 17.4 Å². The quantitative estimate of drug-likeness (QED) is 0.504. The molecule has 0 saturated carbocycles. The number of rotatable bonds is 7. The summed E-state index contributed by atoms with van der Waals surface area (Å²) in [6.07, 6.45) is 5.01. The van der Waals surface area contributed by atoms with Gasteiger partial charge < -0.3 is 19.2 Å². The molecule has 152 valence electrons. The summed E-state index contributed by atoms with van der Waals surface area (Å²) in [6, 6.07) is 12.2. The van der Waals surface area contributed by atoms with Crippen LogP contribution >= 0.6 is 0 Å². The molecule has 4 rings (SSSR count). The molecule has 0 radical (unpaired) electrons. The highest BCUT2D eigenvalue weighted by Crippen LogP contribution is 2.25. The standard InChI is InChI=1S/C21H19N5O4/c1-28-15-6-7-16(29-2)14(11-15)12-20(27)23-18-13-19(26-9-4-8-22-26)25-21(24-18)17-5-3-10-30-17/h3-11,13H,12H2,1-2H3,(H,23,24,25,27). The van der Waals surface area contributed by atoms with Crippen LogP contribution in [0.25, 0.3) is 17.4 Å². The van der Waals surface area contributed by atoms with Gasteiger partial charge in [-0.15, -0.1) is 0 Å². The summed E-state index contributed by atoms with van der Waals surface area (Å²) in [6.45, 7) is 0. The number of amides is 1. The lowest BCUT2D eigenvalue weighted by molar-refractivity contribution is -0.115. The summed E-state index contributed by atoms with van der Waals surface area (Å²) in [5, 5.41) is 7.01. The van der Waals surface area contributed by atoms with Crippen LogP contribution in [0, 0.1) is 0 Å². The zero-order valence-corrected chi connectivity index (χ0v) is 16.4. The predicted octanol–water partition coefficient (Wildman–Crippen LogP) is 3.12. The molecule has 0 atom stereocenters. The summed E-state index contributed by atoms with van der Waals surface area (Å²) < 4.78 is 17.6. The van der Waals surface area contributed by atoms with E-state index in [1.807, 2.05) is 0 Å². The summed E-state index contributed by atoms with van der Waals surface area (Å²) in [4.78, 5) is 21.6. The molecule has 4 aromatic rings. The van der Waals surface area contributed by atoms with Crippen molar-refractivity contribution in [3.8, 4) is 28.9 Å². The molecule has 1 aromatic carbocycles. The minimum Gasteiger partial charge on any atom is -0.497 e. The first kappa shape index (κ1) is 19.2. The van der Waals surface area contributed by atoms with Crippen molar-refractivity contribution in [1.29, 1.82) is 0 Å². The fourth-order valence-corrected chi connectivity index (χ4v) is 2.92. The Morgan fingerprint density at radius 3 is 2.73 bits per heavy atom. The van der Waals surface area contributed by atoms with Crippen LogP contribution in [0.5, 0.6) is 11.5 Å². The third-order valence-electron chi connectivity index (χ3n) is 4.30. The first-order chi connectivity index (χ1) is 14.7. The van der Waals surface area contributed by atoms with Gasteiger partial charge in [-0.05, 0) is 36.4 Å². The molecule has 1 amide bonds. The van der Waals surface area contributed by atoms with E-state index in [-0.39, 0.29) is 12.3 Å². The zero-order chi connectivity index (χ0) is 20.9. The molecule has 0 spiro atoms. The van der Waals surface area contributed by atoms with Crippen LogP contribution in [0.4, 0.5) is 5.82 Å². The number of carbonyl (C=O) groups is 1. The van der Waals surface area contributed by atoms with E-state index in [1.165, 1.54) is 6.26 Å². The van der Waals surface area contributed by atoms with Gasteiger partial charge in [0.2, 0.25) is 5.91 Å². The van der Waals surface area contributed by atoms with Crippen LogP contribution in [0.15, 0.2) is 65.5 Å². The molecule has 0 aliphatic carbocycles. The number of anilines is 1. The Bertz CT molecular complexity index is 1090. The third kappa shape index (κ3) is 4.14. The van der Waals surface area contributed by atoms with Gasteiger partial charge in [0.1, 0.15) is 17.3 Å². The van der Waals surface area contributed by atoms with Gasteiger partial charge in [-0.25, -0.2) is 14.6 Å². The molecule has 9 nitrogen and oxygen atoms in total. The van der Waals surface area contributed by atoms with Gasteiger partial charge in [-0.2, -0.15) is 5.10 Å². The van der Waals surface area contributed by atoms with Crippen molar-refractivity contribution >= 4 is 11.7 Å². The maximum Gasteiger partial charge on any atom is 0.230 e. The van der Waals surface area contributed by atoms with Gasteiger partial charge in [0, 0.05) is 24.0 Å². The maximum atomic E-state index is 12.7. The smallest absolute Gasteiger partial charge is 0.230 e. The first-order valence-electron chi connectivity index (χ1n) is 9.10. The van der Waals surface area contributed by atoms with E-state index in [4.69, 9.17) is 13.9 Å². The minimum atomic E-state index is -0.267. The molecule has 0 fully saturated rings. The van der Waals surface area contributed by atoms with E-state index in [0.29, 0.717) is 40.3 Å². The van der Waals surface area contributed by atoms with Crippen molar-refractivity contribution in [1.82, 2.24) is 19.7 Å². The number of nitrogens with one attached hydrogen (secondary N) is 1. The lowest BCUT2D eigenvalue weighted by Gasteiger charge is -2.11. The highest BCUT2D eigenvalue weighted by Gasteiger charge is 2.15. The molecule has 3 aromatic heterocycles. The Kier molecular flexibility index (Phi) is 5.42. The number of nitrogens with zero attached hydrogens (tertiary/aromatic N) is 4. The van der Waals surface area contributed by atoms with Crippen LogP contribution in [0.2, 0.25) is 0 Å². The number of ether oxygens (including phenoxy) is 2. The SMILES string of the molecule is COc1ccc(OC)c(CC(=O)Nc2cc(-n3cccn3)nc(-c3ccco3)n2)c1. The number of methoxy groups -OCH3 is 2. The fourth-order valence-electron chi connectivity index (χ4n) is 2.92. The number of aromatic nitrogens is 4. The van der Waals surface area contributed by atoms with Gasteiger partial charge in [-0.1, -0.05) is 0 Å². The second-order valence-electron chi connectivity index (χ2n) is 6.27. The van der Waals surface area contributed by atoms with E-state index in [9.17, 15) is 4.79 Å². The average Bonchev–Trinajstić information content (AvgIpc) is 3.47. The number of hydrogen-bond acceptors (Lipinski definition) is 7. The predicted molar refractivity (Wildman–Crippen MR) is 109 cm³/mol. The lowest BCUT2D eigenvalue weighted by Crippen LogP contribution is -2.17. The number of benzene rings is 1. The molecule has 3 heterocycles. The molecule has 0 unspecified atom stereocenters. The molecule has 0 saturated heterocycles. The van der Waals surface area contributed by atoms with E-state index in [1.54, 1.807) is 73.8 Å².